The number of aromatic nitrogens is 4. The van der Waals surface area contributed by atoms with Gasteiger partial charge in [0.05, 0.1) is 6.61 Å². The van der Waals surface area contributed by atoms with Crippen LogP contribution in [0.1, 0.15) is 25.5 Å². The van der Waals surface area contributed by atoms with Gasteiger partial charge in [-0.1, -0.05) is 44.2 Å². The largest absolute Gasteiger partial charge is 0.449 e. The van der Waals surface area contributed by atoms with E-state index in [9.17, 15) is 9.59 Å². The standard InChI is InChI=1S/C19H26N6O3/c1-15(2)13-28-19(27)24-10-8-23(9-11-24)18(26)17(25-14-20-21-22-25)12-16-6-4-3-5-7-16/h3-7,14-15,17H,8-13H2,1-2H3. The van der Waals surface area contributed by atoms with Gasteiger partial charge >= 0.3 is 6.09 Å². The summed E-state index contributed by atoms with van der Waals surface area (Å²) < 4.78 is 6.78. The van der Waals surface area contributed by atoms with E-state index in [-0.39, 0.29) is 12.0 Å². The van der Waals surface area contributed by atoms with E-state index in [0.717, 1.165) is 5.56 Å². The number of tetrazole rings is 1. The van der Waals surface area contributed by atoms with Crippen LogP contribution in [0.5, 0.6) is 0 Å². The number of rotatable bonds is 6. The molecule has 1 aromatic carbocycles. The van der Waals surface area contributed by atoms with Crippen LogP contribution < -0.4 is 0 Å². The lowest BCUT2D eigenvalue weighted by atomic mass is 10.0. The number of hydrogen-bond acceptors (Lipinski definition) is 6. The van der Waals surface area contributed by atoms with Gasteiger partial charge in [0.1, 0.15) is 12.4 Å². The zero-order valence-electron chi connectivity index (χ0n) is 16.3. The first-order valence-electron chi connectivity index (χ1n) is 9.51. The van der Waals surface area contributed by atoms with Gasteiger partial charge in [-0.25, -0.2) is 9.48 Å². The van der Waals surface area contributed by atoms with Gasteiger partial charge in [0, 0.05) is 32.6 Å². The van der Waals surface area contributed by atoms with Crippen LogP contribution in [0.25, 0.3) is 0 Å². The van der Waals surface area contributed by atoms with Crippen molar-refractivity contribution in [2.24, 2.45) is 5.92 Å². The quantitative estimate of drug-likeness (QED) is 0.745. The highest BCUT2D eigenvalue weighted by molar-refractivity contribution is 5.81. The monoisotopic (exact) mass is 386 g/mol. The average Bonchev–Trinajstić information content (AvgIpc) is 3.25. The third-order valence-electron chi connectivity index (χ3n) is 4.63. The molecule has 0 saturated carbocycles. The number of ether oxygens (including phenoxy) is 1. The number of piperazine rings is 1. The van der Waals surface area contributed by atoms with Gasteiger partial charge in [-0.15, -0.1) is 5.10 Å². The lowest BCUT2D eigenvalue weighted by Crippen LogP contribution is -2.52. The van der Waals surface area contributed by atoms with Crippen LogP contribution in [0, 0.1) is 5.92 Å². The highest BCUT2D eigenvalue weighted by atomic mass is 16.6. The average molecular weight is 386 g/mol. The number of amides is 2. The Morgan fingerprint density at radius 3 is 2.36 bits per heavy atom. The van der Waals surface area contributed by atoms with Crippen molar-refractivity contribution in [3.05, 3.63) is 42.2 Å². The van der Waals surface area contributed by atoms with Crippen molar-refractivity contribution >= 4 is 12.0 Å². The van der Waals surface area contributed by atoms with Gasteiger partial charge in [0.15, 0.2) is 0 Å². The molecule has 28 heavy (non-hydrogen) atoms. The van der Waals surface area contributed by atoms with E-state index in [1.54, 1.807) is 9.80 Å². The molecular weight excluding hydrogens is 360 g/mol. The summed E-state index contributed by atoms with van der Waals surface area (Å²) in [6, 6.07) is 9.27. The van der Waals surface area contributed by atoms with E-state index in [2.05, 4.69) is 15.5 Å². The summed E-state index contributed by atoms with van der Waals surface area (Å²) in [6.45, 7) is 6.22. The first-order chi connectivity index (χ1) is 13.5. The highest BCUT2D eigenvalue weighted by Crippen LogP contribution is 2.18. The van der Waals surface area contributed by atoms with Crippen LogP contribution in [0.4, 0.5) is 4.79 Å². The topological polar surface area (TPSA) is 93.5 Å². The number of carbonyl (C=O) groups excluding carboxylic acids is 2. The first-order valence-corrected chi connectivity index (χ1v) is 9.51. The summed E-state index contributed by atoms with van der Waals surface area (Å²) in [6.07, 6.45) is 1.65. The van der Waals surface area contributed by atoms with Crippen LogP contribution in [-0.4, -0.2) is 74.8 Å². The molecule has 0 N–H and O–H groups in total. The molecule has 1 aliphatic heterocycles. The van der Waals surface area contributed by atoms with Crippen molar-refractivity contribution in [3.63, 3.8) is 0 Å². The molecular formula is C19H26N6O3. The summed E-state index contributed by atoms with van der Waals surface area (Å²) in [5.41, 5.74) is 1.03. The molecule has 150 valence electrons. The predicted octanol–water partition coefficient (Wildman–Crippen LogP) is 1.39. The normalized spacial score (nSPS) is 15.5. The molecule has 0 bridgehead atoms. The lowest BCUT2D eigenvalue weighted by molar-refractivity contribution is -0.136. The molecule has 3 rings (SSSR count). The Morgan fingerprint density at radius 2 is 1.75 bits per heavy atom. The number of nitrogens with zero attached hydrogens (tertiary/aromatic N) is 6. The van der Waals surface area contributed by atoms with Crippen molar-refractivity contribution < 1.29 is 14.3 Å². The van der Waals surface area contributed by atoms with Gasteiger partial charge in [-0.3, -0.25) is 4.79 Å². The molecule has 9 nitrogen and oxygen atoms in total. The molecule has 0 spiro atoms. The van der Waals surface area contributed by atoms with Crippen molar-refractivity contribution in [2.45, 2.75) is 26.3 Å². The van der Waals surface area contributed by atoms with E-state index in [4.69, 9.17) is 4.74 Å². The zero-order valence-corrected chi connectivity index (χ0v) is 16.3. The van der Waals surface area contributed by atoms with Crippen molar-refractivity contribution in [1.82, 2.24) is 30.0 Å². The third kappa shape index (κ3) is 5.05. The van der Waals surface area contributed by atoms with Crippen molar-refractivity contribution in [2.75, 3.05) is 32.8 Å². The number of hydrogen-bond donors (Lipinski definition) is 0. The first kappa shape index (κ1) is 19.8. The van der Waals surface area contributed by atoms with E-state index >= 15 is 0 Å². The fourth-order valence-electron chi connectivity index (χ4n) is 3.09. The summed E-state index contributed by atoms with van der Waals surface area (Å²) in [5.74, 6) is 0.244. The maximum Gasteiger partial charge on any atom is 0.409 e. The van der Waals surface area contributed by atoms with E-state index in [1.807, 2.05) is 44.2 Å². The van der Waals surface area contributed by atoms with Crippen LogP contribution in [0.15, 0.2) is 36.7 Å². The molecule has 2 amide bonds. The second-order valence-corrected chi connectivity index (χ2v) is 7.28. The van der Waals surface area contributed by atoms with E-state index < -0.39 is 6.04 Å². The summed E-state index contributed by atoms with van der Waals surface area (Å²) >= 11 is 0. The molecule has 2 aromatic rings. The smallest absolute Gasteiger partial charge is 0.409 e. The zero-order chi connectivity index (χ0) is 19.9. The molecule has 1 saturated heterocycles. The molecule has 1 aliphatic rings. The Morgan fingerprint density at radius 1 is 1.07 bits per heavy atom. The van der Waals surface area contributed by atoms with Crippen molar-refractivity contribution in [3.8, 4) is 0 Å². The van der Waals surface area contributed by atoms with Gasteiger partial charge < -0.3 is 14.5 Å². The van der Waals surface area contributed by atoms with Crippen molar-refractivity contribution in [1.29, 1.82) is 0 Å². The van der Waals surface area contributed by atoms with E-state index in [0.29, 0.717) is 45.1 Å². The fraction of sp³-hybridized carbons (Fsp3) is 0.526. The SMILES string of the molecule is CC(C)COC(=O)N1CCN(C(=O)C(Cc2ccccc2)n2cnnn2)CC1. The highest BCUT2D eigenvalue weighted by Gasteiger charge is 2.31. The van der Waals surface area contributed by atoms with Crippen LogP contribution >= 0.6 is 0 Å². The molecule has 9 heteroatoms. The van der Waals surface area contributed by atoms with Gasteiger partial charge in [-0.2, -0.15) is 0 Å². The number of benzene rings is 1. The van der Waals surface area contributed by atoms with Gasteiger partial charge in [0.25, 0.3) is 0 Å². The Kier molecular flexibility index (Phi) is 6.57. The minimum atomic E-state index is -0.517. The van der Waals surface area contributed by atoms with Crippen LogP contribution in [0.3, 0.4) is 0 Å². The molecule has 0 radical (unpaired) electrons. The second-order valence-electron chi connectivity index (χ2n) is 7.28. The predicted molar refractivity (Wildman–Crippen MR) is 101 cm³/mol. The Labute approximate surface area is 164 Å². The summed E-state index contributed by atoms with van der Waals surface area (Å²) in [5, 5.41) is 11.3. The van der Waals surface area contributed by atoms with E-state index in [1.165, 1.54) is 11.0 Å². The maximum absolute atomic E-state index is 13.2. The number of carbonyl (C=O) groups is 2. The van der Waals surface area contributed by atoms with Crippen LogP contribution in [0.2, 0.25) is 0 Å². The van der Waals surface area contributed by atoms with Crippen LogP contribution in [-0.2, 0) is 16.0 Å². The van der Waals surface area contributed by atoms with Gasteiger partial charge in [0.2, 0.25) is 5.91 Å². The molecule has 2 heterocycles. The summed E-state index contributed by atoms with van der Waals surface area (Å²) in [4.78, 5) is 28.7. The minimum absolute atomic E-state index is 0.0497. The molecule has 1 fully saturated rings. The molecule has 1 aromatic heterocycles. The second kappa shape index (κ2) is 9.29. The van der Waals surface area contributed by atoms with Gasteiger partial charge in [-0.05, 0) is 21.9 Å². The lowest BCUT2D eigenvalue weighted by Gasteiger charge is -2.35. The Hall–Kier alpha value is -2.97. The Bertz CT molecular complexity index is 757. The fourth-order valence-corrected chi connectivity index (χ4v) is 3.09. The minimum Gasteiger partial charge on any atom is -0.449 e. The third-order valence-corrected chi connectivity index (χ3v) is 4.63. The summed E-state index contributed by atoms with van der Waals surface area (Å²) in [7, 11) is 0. The molecule has 0 aliphatic carbocycles. The Balaban J connectivity index is 1.62. The molecule has 1 atom stereocenters. The maximum atomic E-state index is 13.2. The molecule has 1 unspecified atom stereocenters.